The molecular weight excluding hydrogens is 421 g/mol. The summed E-state index contributed by atoms with van der Waals surface area (Å²) >= 11 is 6.87. The van der Waals surface area contributed by atoms with Gasteiger partial charge in [0, 0.05) is 0 Å². The molecule has 0 amide bonds. The molecule has 1 aliphatic heterocycles. The van der Waals surface area contributed by atoms with E-state index in [0.717, 1.165) is 59.4 Å². The number of rotatable bonds is 6. The van der Waals surface area contributed by atoms with Crippen LogP contribution in [-0.2, 0) is 0 Å². The molecule has 0 aromatic rings. The molecule has 0 aromatic heterocycles. The van der Waals surface area contributed by atoms with Gasteiger partial charge < -0.3 is 0 Å². The average Bonchev–Trinajstić information content (AvgIpc) is 2.24. The molecule has 0 aliphatic carbocycles. The Hall–Kier alpha value is 1.74. The van der Waals surface area contributed by atoms with Gasteiger partial charge in [-0.1, -0.05) is 0 Å². The van der Waals surface area contributed by atoms with Crippen molar-refractivity contribution in [2.45, 2.75) is 16.7 Å². The Morgan fingerprint density at radius 3 is 2.80 bits per heavy atom. The third-order valence-electron chi connectivity index (χ3n) is 1.65. The van der Waals surface area contributed by atoms with Crippen LogP contribution in [0.4, 0.5) is 0 Å². The second kappa shape index (κ2) is 7.95. The third kappa shape index (κ3) is 5.75. The van der Waals surface area contributed by atoms with Gasteiger partial charge in [-0.25, -0.2) is 0 Å². The summed E-state index contributed by atoms with van der Waals surface area (Å²) < 4.78 is 3.14. The van der Waals surface area contributed by atoms with E-state index in [4.69, 9.17) is 0 Å². The van der Waals surface area contributed by atoms with Crippen LogP contribution < -0.4 is 0 Å². The fourth-order valence-electron chi connectivity index (χ4n) is 0.954. The second-order valence-electron chi connectivity index (χ2n) is 2.92. The Balaban J connectivity index is 2.38. The molecule has 0 spiro atoms. The summed E-state index contributed by atoms with van der Waals surface area (Å²) in [4.78, 5) is 0. The first kappa shape index (κ1) is 14.8. The van der Waals surface area contributed by atoms with E-state index in [0.29, 0.717) is 2.54 Å². The predicted molar refractivity (Wildman–Crippen MR) is 79.6 cm³/mol. The predicted octanol–water partition coefficient (Wildman–Crippen LogP) is 2.28. The van der Waals surface area contributed by atoms with Crippen LogP contribution in [-0.4, -0.2) is 62.0 Å². The van der Waals surface area contributed by atoms with E-state index >= 15 is 0 Å². The van der Waals surface area contributed by atoms with Crippen LogP contribution in [0.3, 0.4) is 0 Å². The number of thioether (sulfide) groups is 2. The van der Waals surface area contributed by atoms with Gasteiger partial charge in [0.2, 0.25) is 0 Å². The fraction of sp³-hybridized carbons (Fsp3) is 0.600. The Morgan fingerprint density at radius 2 is 2.13 bits per heavy atom. The van der Waals surface area contributed by atoms with E-state index in [1.54, 1.807) is 0 Å². The summed E-state index contributed by atoms with van der Waals surface area (Å²) in [5.74, 6) is 2.27. The molecule has 1 heterocycles. The SMILES string of the molecule is C=CCSC1[Se]C[Se]C(C)(SCC=C)[Se]1. The first-order valence-corrected chi connectivity index (χ1v) is 12.8. The van der Waals surface area contributed by atoms with E-state index in [1.165, 1.54) is 4.22 Å². The van der Waals surface area contributed by atoms with Crippen molar-refractivity contribution in [2.75, 3.05) is 11.5 Å². The molecule has 1 aliphatic rings. The average molecular weight is 437 g/mol. The Bertz CT molecular complexity index is 223. The molecule has 15 heavy (non-hydrogen) atoms. The first-order valence-electron chi connectivity index (χ1n) is 4.61. The first-order chi connectivity index (χ1) is 7.20. The van der Waals surface area contributed by atoms with Crippen molar-refractivity contribution < 1.29 is 0 Å². The Kier molecular flexibility index (Phi) is 7.84. The summed E-state index contributed by atoms with van der Waals surface area (Å²) in [7, 11) is 0. The van der Waals surface area contributed by atoms with Crippen LogP contribution in [0.1, 0.15) is 6.92 Å². The topological polar surface area (TPSA) is 0 Å². The maximum atomic E-state index is 3.82. The third-order valence-corrected chi connectivity index (χ3v) is 19.9. The van der Waals surface area contributed by atoms with Crippen molar-refractivity contribution in [3.05, 3.63) is 25.3 Å². The number of hydrogen-bond donors (Lipinski definition) is 0. The minimum atomic E-state index is 0.632. The van der Waals surface area contributed by atoms with E-state index in [2.05, 4.69) is 43.6 Å². The van der Waals surface area contributed by atoms with E-state index < -0.39 is 0 Å². The van der Waals surface area contributed by atoms with Gasteiger partial charge in [-0.3, -0.25) is 0 Å². The van der Waals surface area contributed by atoms with E-state index in [1.807, 2.05) is 12.2 Å². The van der Waals surface area contributed by atoms with Crippen LogP contribution >= 0.6 is 23.5 Å². The molecule has 5 heteroatoms. The summed E-state index contributed by atoms with van der Waals surface area (Å²) in [6.45, 7) is 10.1. The Morgan fingerprint density at radius 1 is 1.40 bits per heavy atom. The van der Waals surface area contributed by atoms with Gasteiger partial charge in [-0.05, 0) is 0 Å². The van der Waals surface area contributed by atoms with Crippen molar-refractivity contribution in [2.24, 2.45) is 0 Å². The molecule has 0 saturated carbocycles. The van der Waals surface area contributed by atoms with Gasteiger partial charge in [0.15, 0.2) is 0 Å². The molecule has 86 valence electrons. The molecular formula is C10H16S2Se3. The maximum absolute atomic E-state index is 3.82. The van der Waals surface area contributed by atoms with Crippen molar-refractivity contribution in [1.29, 1.82) is 0 Å². The zero-order chi connectivity index (χ0) is 11.1. The van der Waals surface area contributed by atoms with Crippen LogP contribution in [0.15, 0.2) is 25.3 Å². The molecule has 1 saturated heterocycles. The van der Waals surface area contributed by atoms with Gasteiger partial charge in [-0.2, -0.15) is 0 Å². The van der Waals surface area contributed by atoms with Crippen molar-refractivity contribution >= 4 is 68.4 Å². The van der Waals surface area contributed by atoms with Crippen LogP contribution in [0, 0.1) is 0 Å². The standard InChI is InChI=1S/C10H16S2Se3/c1-4-6-11-9-13-8-14-10(3,15-9)12-7-5-2/h4-5,9H,1-2,6-8H2,3H3. The Labute approximate surface area is 121 Å². The molecule has 1 fully saturated rings. The van der Waals surface area contributed by atoms with Gasteiger partial charge in [0.05, 0.1) is 0 Å². The zero-order valence-corrected chi connectivity index (χ0v) is 15.6. The molecule has 0 radical (unpaired) electrons. The molecule has 0 bridgehead atoms. The van der Waals surface area contributed by atoms with Gasteiger partial charge in [0.1, 0.15) is 0 Å². The van der Waals surface area contributed by atoms with Crippen LogP contribution in [0.2, 0.25) is 4.22 Å². The van der Waals surface area contributed by atoms with E-state index in [-0.39, 0.29) is 0 Å². The summed E-state index contributed by atoms with van der Waals surface area (Å²) in [6.07, 6.45) is 4.10. The van der Waals surface area contributed by atoms with Crippen molar-refractivity contribution in [1.82, 2.24) is 0 Å². The molecule has 0 aromatic carbocycles. The van der Waals surface area contributed by atoms with Crippen LogP contribution in [0.5, 0.6) is 0 Å². The molecule has 2 unspecified atom stereocenters. The normalized spacial score (nSPS) is 31.1. The van der Waals surface area contributed by atoms with Crippen molar-refractivity contribution in [3.63, 3.8) is 0 Å². The summed E-state index contributed by atoms with van der Waals surface area (Å²) in [6, 6.07) is 0. The van der Waals surface area contributed by atoms with Gasteiger partial charge in [0.25, 0.3) is 0 Å². The monoisotopic (exact) mass is 440 g/mol. The molecule has 1 rings (SSSR count). The fourth-order valence-corrected chi connectivity index (χ4v) is 30.1. The molecule has 0 N–H and O–H groups in total. The summed E-state index contributed by atoms with van der Waals surface area (Å²) in [5.41, 5.74) is 0. The quantitative estimate of drug-likeness (QED) is 0.462. The summed E-state index contributed by atoms with van der Waals surface area (Å²) in [5, 5.41) is 0. The van der Waals surface area contributed by atoms with Crippen molar-refractivity contribution in [3.8, 4) is 0 Å². The van der Waals surface area contributed by atoms with Gasteiger partial charge in [-0.15, -0.1) is 0 Å². The van der Waals surface area contributed by atoms with E-state index in [9.17, 15) is 0 Å². The van der Waals surface area contributed by atoms with Gasteiger partial charge >= 0.3 is 122 Å². The molecule has 2 atom stereocenters. The zero-order valence-electron chi connectivity index (χ0n) is 8.81. The molecule has 0 nitrogen and oxygen atoms in total. The minimum absolute atomic E-state index is 0.632. The second-order valence-corrected chi connectivity index (χ2v) is 21.1. The van der Waals surface area contributed by atoms with Crippen LogP contribution in [0.25, 0.3) is 0 Å². The number of hydrogen-bond acceptors (Lipinski definition) is 2.